The summed E-state index contributed by atoms with van der Waals surface area (Å²) in [5.41, 5.74) is 1.44. The van der Waals surface area contributed by atoms with Gasteiger partial charge in [-0.25, -0.2) is 0 Å². The van der Waals surface area contributed by atoms with E-state index in [-0.39, 0.29) is 0 Å². The first-order valence-electron chi connectivity index (χ1n) is 4.21. The van der Waals surface area contributed by atoms with Crippen molar-refractivity contribution < 1.29 is 4.39 Å². The second-order valence-electron chi connectivity index (χ2n) is 3.08. The zero-order valence-electron chi connectivity index (χ0n) is 8.05. The van der Waals surface area contributed by atoms with Crippen molar-refractivity contribution in [1.29, 1.82) is 0 Å². The van der Waals surface area contributed by atoms with E-state index >= 15 is 0 Å². The maximum absolute atomic E-state index is 9.50. The molecule has 1 heteroatoms. The molecule has 0 aromatic heterocycles. The van der Waals surface area contributed by atoms with Gasteiger partial charge in [-0.2, -0.15) is 0 Å². The fourth-order valence-corrected chi connectivity index (χ4v) is 1.09. The highest BCUT2D eigenvalue weighted by molar-refractivity contribution is 5.14. The van der Waals surface area contributed by atoms with Crippen LogP contribution >= 0.6 is 0 Å². The van der Waals surface area contributed by atoms with Gasteiger partial charge in [0.1, 0.15) is 0 Å². The van der Waals surface area contributed by atoms with Crippen LogP contribution in [-0.2, 0) is 6.42 Å². The Morgan fingerprint density at radius 2 is 1.58 bits per heavy atom. The Bertz CT molecular complexity index is 179. The normalized spacial score (nSPS) is 9.08. The molecule has 1 rings (SSSR count). The maximum atomic E-state index is 9.50. The third-order valence-electron chi connectivity index (χ3n) is 1.49. The van der Waals surface area contributed by atoms with Crippen molar-refractivity contribution in [2.45, 2.75) is 20.3 Å². The predicted molar refractivity (Wildman–Crippen MR) is 52.0 cm³/mol. The minimum absolute atomic E-state index is 0.500. The van der Waals surface area contributed by atoms with Crippen LogP contribution in [0.4, 0.5) is 4.39 Å². The first-order valence-corrected chi connectivity index (χ1v) is 4.21. The lowest BCUT2D eigenvalue weighted by atomic mass is 10.0. The molecular weight excluding hydrogens is 151 g/mol. The summed E-state index contributed by atoms with van der Waals surface area (Å²) in [5, 5.41) is 0. The first kappa shape index (κ1) is 11.2. The Labute approximate surface area is 74.4 Å². The molecule has 0 nitrogen and oxygen atoms in total. The second kappa shape index (κ2) is 6.84. The van der Waals surface area contributed by atoms with Crippen molar-refractivity contribution in [3.8, 4) is 0 Å². The highest BCUT2D eigenvalue weighted by atomic mass is 19.1. The zero-order chi connectivity index (χ0) is 9.40. The van der Waals surface area contributed by atoms with Crippen molar-refractivity contribution in [2.75, 3.05) is 7.18 Å². The monoisotopic (exact) mass is 168 g/mol. The first-order chi connectivity index (χ1) is 5.79. The van der Waals surface area contributed by atoms with Crippen LogP contribution in [0, 0.1) is 5.92 Å². The molecule has 0 saturated heterocycles. The molecule has 0 aliphatic carbocycles. The molecule has 68 valence electrons. The Morgan fingerprint density at radius 3 is 2.00 bits per heavy atom. The lowest BCUT2D eigenvalue weighted by Gasteiger charge is -2.02. The van der Waals surface area contributed by atoms with E-state index in [9.17, 15) is 4.39 Å². The van der Waals surface area contributed by atoms with E-state index in [0.29, 0.717) is 7.18 Å². The molecule has 0 amide bonds. The van der Waals surface area contributed by atoms with E-state index in [1.165, 1.54) is 12.0 Å². The van der Waals surface area contributed by atoms with E-state index in [2.05, 4.69) is 44.2 Å². The molecular formula is C11H17F. The lowest BCUT2D eigenvalue weighted by Crippen LogP contribution is -1.92. The number of rotatable bonds is 2. The highest BCUT2D eigenvalue weighted by Crippen LogP contribution is 2.05. The van der Waals surface area contributed by atoms with Crippen molar-refractivity contribution >= 4 is 0 Å². The van der Waals surface area contributed by atoms with Gasteiger partial charge in [-0.15, -0.1) is 0 Å². The minimum atomic E-state index is 0.500. The van der Waals surface area contributed by atoms with E-state index in [1.54, 1.807) is 0 Å². The van der Waals surface area contributed by atoms with Crippen LogP contribution in [0.5, 0.6) is 0 Å². The van der Waals surface area contributed by atoms with Gasteiger partial charge in [-0.1, -0.05) is 44.2 Å². The van der Waals surface area contributed by atoms with Crippen molar-refractivity contribution in [3.63, 3.8) is 0 Å². The number of halogens is 1. The molecule has 1 aromatic carbocycles. The second-order valence-corrected chi connectivity index (χ2v) is 3.08. The Balaban J connectivity index is 0.000000561. The fraction of sp³-hybridized carbons (Fsp3) is 0.455. The third kappa shape index (κ3) is 4.89. The number of hydrogen-bond donors (Lipinski definition) is 0. The van der Waals surface area contributed by atoms with Crippen LogP contribution < -0.4 is 0 Å². The third-order valence-corrected chi connectivity index (χ3v) is 1.49. The number of alkyl halides is 1. The summed E-state index contributed by atoms with van der Waals surface area (Å²) in [6.07, 6.45) is 1.20. The SMILES string of the molecule is CC(C)Cc1ccccc1.CF. The summed E-state index contributed by atoms with van der Waals surface area (Å²) >= 11 is 0. The van der Waals surface area contributed by atoms with E-state index in [1.807, 2.05) is 0 Å². The summed E-state index contributed by atoms with van der Waals surface area (Å²) in [6.45, 7) is 4.49. The summed E-state index contributed by atoms with van der Waals surface area (Å²) < 4.78 is 9.50. The van der Waals surface area contributed by atoms with Crippen LogP contribution in [0.25, 0.3) is 0 Å². The standard InChI is InChI=1S/C10H14.CH3F/c1-9(2)8-10-6-4-3-5-7-10;1-2/h3-7,9H,8H2,1-2H3;1H3. The van der Waals surface area contributed by atoms with Crippen LogP contribution in [0.3, 0.4) is 0 Å². The Kier molecular flexibility index (Phi) is 6.35. The average Bonchev–Trinajstić information content (AvgIpc) is 2.08. The summed E-state index contributed by atoms with van der Waals surface area (Å²) in [6, 6.07) is 10.6. The fourth-order valence-electron chi connectivity index (χ4n) is 1.09. The number of benzene rings is 1. The minimum Gasteiger partial charge on any atom is -0.255 e. The highest BCUT2D eigenvalue weighted by Gasteiger charge is 1.94. The molecule has 1 aromatic rings. The Morgan fingerprint density at radius 1 is 1.08 bits per heavy atom. The molecule has 0 heterocycles. The molecule has 0 fully saturated rings. The van der Waals surface area contributed by atoms with Crippen LogP contribution in [0.15, 0.2) is 30.3 Å². The molecule has 12 heavy (non-hydrogen) atoms. The Hall–Kier alpha value is -0.850. The van der Waals surface area contributed by atoms with Crippen molar-refractivity contribution in [1.82, 2.24) is 0 Å². The van der Waals surface area contributed by atoms with Gasteiger partial charge in [0.05, 0.1) is 7.18 Å². The number of hydrogen-bond acceptors (Lipinski definition) is 0. The molecule has 0 aliphatic heterocycles. The smallest absolute Gasteiger partial charge is 0.0785 e. The van der Waals surface area contributed by atoms with Gasteiger partial charge in [-0.05, 0) is 17.9 Å². The molecule has 0 N–H and O–H groups in total. The molecule has 0 unspecified atom stereocenters. The van der Waals surface area contributed by atoms with Gasteiger partial charge in [0.25, 0.3) is 0 Å². The maximum Gasteiger partial charge on any atom is 0.0785 e. The van der Waals surface area contributed by atoms with Gasteiger partial charge < -0.3 is 0 Å². The summed E-state index contributed by atoms with van der Waals surface area (Å²) in [4.78, 5) is 0. The van der Waals surface area contributed by atoms with E-state index < -0.39 is 0 Å². The van der Waals surface area contributed by atoms with Gasteiger partial charge >= 0.3 is 0 Å². The summed E-state index contributed by atoms with van der Waals surface area (Å²) in [5.74, 6) is 0.766. The molecule has 0 atom stereocenters. The topological polar surface area (TPSA) is 0 Å². The van der Waals surface area contributed by atoms with Crippen molar-refractivity contribution in [3.05, 3.63) is 35.9 Å². The zero-order valence-corrected chi connectivity index (χ0v) is 8.05. The van der Waals surface area contributed by atoms with E-state index in [0.717, 1.165) is 5.92 Å². The molecule has 0 saturated carbocycles. The molecule has 0 spiro atoms. The molecule has 0 bridgehead atoms. The molecule has 0 radical (unpaired) electrons. The van der Waals surface area contributed by atoms with Crippen molar-refractivity contribution in [2.24, 2.45) is 5.92 Å². The van der Waals surface area contributed by atoms with Gasteiger partial charge in [-0.3, -0.25) is 4.39 Å². The largest absolute Gasteiger partial charge is 0.255 e. The summed E-state index contributed by atoms with van der Waals surface area (Å²) in [7, 11) is 0.500. The van der Waals surface area contributed by atoms with Gasteiger partial charge in [0, 0.05) is 0 Å². The average molecular weight is 168 g/mol. The van der Waals surface area contributed by atoms with Crippen LogP contribution in [-0.4, -0.2) is 7.18 Å². The van der Waals surface area contributed by atoms with E-state index in [4.69, 9.17) is 0 Å². The van der Waals surface area contributed by atoms with Gasteiger partial charge in [0.15, 0.2) is 0 Å². The van der Waals surface area contributed by atoms with Crippen LogP contribution in [0.2, 0.25) is 0 Å². The molecule has 0 aliphatic rings. The van der Waals surface area contributed by atoms with Gasteiger partial charge in [0.2, 0.25) is 0 Å². The predicted octanol–water partition coefficient (Wildman–Crippen LogP) is 3.47. The van der Waals surface area contributed by atoms with Crippen LogP contribution in [0.1, 0.15) is 19.4 Å². The lowest BCUT2D eigenvalue weighted by molar-refractivity contribution is 0.636. The quantitative estimate of drug-likeness (QED) is 0.634.